The van der Waals surface area contributed by atoms with E-state index in [-0.39, 0.29) is 5.56 Å². The smallest absolute Gasteiger partial charge is 0.335 e. The zero-order chi connectivity index (χ0) is 12.5. The number of carboxylic acid groups (broad SMARTS) is 1. The molecule has 0 atom stereocenters. The van der Waals surface area contributed by atoms with E-state index in [1.165, 1.54) is 6.33 Å². The van der Waals surface area contributed by atoms with Gasteiger partial charge in [-0.15, -0.1) is 0 Å². The highest BCUT2D eigenvalue weighted by molar-refractivity contribution is 5.93. The van der Waals surface area contributed by atoms with Crippen molar-refractivity contribution < 1.29 is 9.90 Å². The minimum absolute atomic E-state index is 0.240. The summed E-state index contributed by atoms with van der Waals surface area (Å²) in [5, 5.41) is 13.9. The zero-order valence-corrected chi connectivity index (χ0v) is 9.19. The van der Waals surface area contributed by atoms with E-state index in [1.54, 1.807) is 41.3 Å². The molecule has 0 radical (unpaired) electrons. The third-order valence-corrected chi connectivity index (χ3v) is 2.60. The fourth-order valence-electron chi connectivity index (χ4n) is 1.76. The van der Waals surface area contributed by atoms with Crippen molar-refractivity contribution in [1.29, 1.82) is 0 Å². The molecule has 3 aromatic rings. The fraction of sp³-hybridized carbons (Fsp3) is 0. The molecule has 0 unspecified atom stereocenters. The summed E-state index contributed by atoms with van der Waals surface area (Å²) in [7, 11) is 0. The van der Waals surface area contributed by atoms with Crippen LogP contribution in [0.1, 0.15) is 10.4 Å². The highest BCUT2D eigenvalue weighted by Crippen LogP contribution is 2.18. The highest BCUT2D eigenvalue weighted by atomic mass is 16.4. The minimum atomic E-state index is -0.952. The third kappa shape index (κ3) is 1.60. The van der Waals surface area contributed by atoms with Crippen molar-refractivity contribution in [2.24, 2.45) is 0 Å². The first-order chi connectivity index (χ1) is 8.75. The zero-order valence-electron chi connectivity index (χ0n) is 9.19. The Morgan fingerprint density at radius 2 is 2.17 bits per heavy atom. The quantitative estimate of drug-likeness (QED) is 0.734. The number of aromatic carboxylic acids is 1. The molecule has 0 amide bonds. The summed E-state index contributed by atoms with van der Waals surface area (Å²) in [6.45, 7) is 0. The summed E-state index contributed by atoms with van der Waals surface area (Å²) >= 11 is 0. The van der Waals surface area contributed by atoms with E-state index in [4.69, 9.17) is 5.11 Å². The van der Waals surface area contributed by atoms with Crippen molar-refractivity contribution in [3.8, 4) is 5.82 Å². The van der Waals surface area contributed by atoms with Crippen LogP contribution in [0.5, 0.6) is 0 Å². The van der Waals surface area contributed by atoms with Crippen LogP contribution in [0.2, 0.25) is 0 Å². The molecular formula is C12H8N4O2. The van der Waals surface area contributed by atoms with Gasteiger partial charge in [-0.2, -0.15) is 5.10 Å². The second kappa shape index (κ2) is 3.92. The molecule has 2 aromatic heterocycles. The number of aromatic nitrogens is 4. The Kier molecular flexibility index (Phi) is 2.26. The van der Waals surface area contributed by atoms with E-state index in [1.807, 2.05) is 0 Å². The van der Waals surface area contributed by atoms with Gasteiger partial charge in [0.15, 0.2) is 5.82 Å². The van der Waals surface area contributed by atoms with Gasteiger partial charge in [-0.1, -0.05) is 0 Å². The molecule has 0 aliphatic rings. The Morgan fingerprint density at radius 1 is 1.28 bits per heavy atom. The lowest BCUT2D eigenvalue weighted by atomic mass is 10.1. The lowest BCUT2D eigenvalue weighted by Crippen LogP contribution is -1.99. The summed E-state index contributed by atoms with van der Waals surface area (Å²) in [6, 6.07) is 6.58. The molecule has 2 heterocycles. The normalized spacial score (nSPS) is 10.7. The van der Waals surface area contributed by atoms with Crippen LogP contribution in [0.3, 0.4) is 0 Å². The van der Waals surface area contributed by atoms with Crippen LogP contribution >= 0.6 is 0 Å². The predicted octanol–water partition coefficient (Wildman–Crippen LogP) is 1.51. The molecule has 0 bridgehead atoms. The molecule has 0 fully saturated rings. The maximum atomic E-state index is 10.9. The molecule has 0 aliphatic carbocycles. The number of hydrogen-bond acceptors (Lipinski definition) is 4. The molecule has 6 nitrogen and oxygen atoms in total. The van der Waals surface area contributed by atoms with Gasteiger partial charge in [0.05, 0.1) is 17.3 Å². The third-order valence-electron chi connectivity index (χ3n) is 2.60. The predicted molar refractivity (Wildman–Crippen MR) is 63.6 cm³/mol. The summed E-state index contributed by atoms with van der Waals surface area (Å²) in [5.74, 6) is -0.310. The number of nitrogens with zero attached hydrogens (tertiary/aromatic N) is 4. The Labute approximate surface area is 102 Å². The van der Waals surface area contributed by atoms with Crippen LogP contribution in [0.25, 0.3) is 16.7 Å². The van der Waals surface area contributed by atoms with Crippen LogP contribution in [-0.4, -0.2) is 30.8 Å². The minimum Gasteiger partial charge on any atom is -0.478 e. The summed E-state index contributed by atoms with van der Waals surface area (Å²) in [4.78, 5) is 18.8. The average Bonchev–Trinajstić information content (AvgIpc) is 2.82. The molecule has 0 spiro atoms. The second-order valence-corrected chi connectivity index (χ2v) is 3.70. The number of hydrogen-bond donors (Lipinski definition) is 1. The largest absolute Gasteiger partial charge is 0.478 e. The Hall–Kier alpha value is -2.76. The standard InChI is InChI=1S/C12H8N4O2/c17-12(18)8-1-2-10-9(5-8)6-15-16(10)11-3-4-13-7-14-11/h1-7H,(H,17,18). The lowest BCUT2D eigenvalue weighted by molar-refractivity contribution is 0.0697. The van der Waals surface area contributed by atoms with Crippen molar-refractivity contribution in [3.63, 3.8) is 0 Å². The number of rotatable bonds is 2. The van der Waals surface area contributed by atoms with Crippen molar-refractivity contribution >= 4 is 16.9 Å². The van der Waals surface area contributed by atoms with Gasteiger partial charge < -0.3 is 5.11 Å². The number of carbonyl (C=O) groups is 1. The first-order valence-electron chi connectivity index (χ1n) is 5.23. The molecule has 0 aliphatic heterocycles. The van der Waals surface area contributed by atoms with Gasteiger partial charge >= 0.3 is 5.97 Å². The second-order valence-electron chi connectivity index (χ2n) is 3.70. The molecule has 3 rings (SSSR count). The molecule has 18 heavy (non-hydrogen) atoms. The summed E-state index contributed by atoms with van der Waals surface area (Å²) in [5.41, 5.74) is 1.04. The van der Waals surface area contributed by atoms with Crippen LogP contribution in [0, 0.1) is 0 Å². The van der Waals surface area contributed by atoms with Crippen LogP contribution in [0.15, 0.2) is 43.0 Å². The van der Waals surface area contributed by atoms with E-state index >= 15 is 0 Å². The summed E-state index contributed by atoms with van der Waals surface area (Å²) in [6.07, 6.45) is 4.68. The van der Waals surface area contributed by atoms with E-state index in [0.29, 0.717) is 5.82 Å². The highest BCUT2D eigenvalue weighted by Gasteiger charge is 2.09. The monoisotopic (exact) mass is 240 g/mol. The van der Waals surface area contributed by atoms with Gasteiger partial charge in [0.25, 0.3) is 0 Å². The maximum Gasteiger partial charge on any atom is 0.335 e. The van der Waals surface area contributed by atoms with Gasteiger partial charge in [-0.25, -0.2) is 19.4 Å². The molecule has 0 saturated carbocycles. The SMILES string of the molecule is O=C(O)c1ccc2c(cnn2-c2ccncn2)c1. The van der Waals surface area contributed by atoms with Crippen molar-refractivity contribution in [3.05, 3.63) is 48.5 Å². The van der Waals surface area contributed by atoms with Crippen molar-refractivity contribution in [2.75, 3.05) is 0 Å². The van der Waals surface area contributed by atoms with E-state index in [2.05, 4.69) is 15.1 Å². The van der Waals surface area contributed by atoms with Gasteiger partial charge in [0.1, 0.15) is 6.33 Å². The van der Waals surface area contributed by atoms with Crippen molar-refractivity contribution in [1.82, 2.24) is 19.7 Å². The van der Waals surface area contributed by atoms with Gasteiger partial charge in [-0.05, 0) is 18.2 Å². The summed E-state index contributed by atoms with van der Waals surface area (Å²) < 4.78 is 1.64. The number of benzene rings is 1. The molecule has 1 aromatic carbocycles. The van der Waals surface area contributed by atoms with E-state index < -0.39 is 5.97 Å². The van der Waals surface area contributed by atoms with Gasteiger partial charge in [-0.3, -0.25) is 0 Å². The number of fused-ring (bicyclic) bond motifs is 1. The van der Waals surface area contributed by atoms with Gasteiger partial charge in [0.2, 0.25) is 0 Å². The van der Waals surface area contributed by atoms with Crippen LogP contribution in [-0.2, 0) is 0 Å². The fourth-order valence-corrected chi connectivity index (χ4v) is 1.76. The Balaban J connectivity index is 2.19. The van der Waals surface area contributed by atoms with Crippen LogP contribution < -0.4 is 0 Å². The Morgan fingerprint density at radius 3 is 2.89 bits per heavy atom. The molecule has 88 valence electrons. The lowest BCUT2D eigenvalue weighted by Gasteiger charge is -2.01. The molecule has 1 N–H and O–H groups in total. The van der Waals surface area contributed by atoms with E-state index in [0.717, 1.165) is 10.9 Å². The first-order valence-corrected chi connectivity index (χ1v) is 5.23. The van der Waals surface area contributed by atoms with E-state index in [9.17, 15) is 4.79 Å². The molecular weight excluding hydrogens is 232 g/mol. The topological polar surface area (TPSA) is 80.9 Å². The molecule has 0 saturated heterocycles. The molecule has 6 heteroatoms. The Bertz CT molecular complexity index is 721. The van der Waals surface area contributed by atoms with Crippen LogP contribution in [0.4, 0.5) is 0 Å². The average molecular weight is 240 g/mol. The first kappa shape index (κ1) is 10.4. The maximum absolute atomic E-state index is 10.9. The van der Waals surface area contributed by atoms with Gasteiger partial charge in [0, 0.05) is 17.6 Å². The van der Waals surface area contributed by atoms with Crippen molar-refractivity contribution in [2.45, 2.75) is 0 Å². The number of carboxylic acids is 1.